The van der Waals surface area contributed by atoms with E-state index in [1.165, 1.54) is 11.3 Å². The zero-order valence-corrected chi connectivity index (χ0v) is 9.22. The summed E-state index contributed by atoms with van der Waals surface area (Å²) in [5, 5.41) is 9.66. The van der Waals surface area contributed by atoms with Gasteiger partial charge in [-0.3, -0.25) is 4.57 Å². The summed E-state index contributed by atoms with van der Waals surface area (Å²) < 4.78 is 1.94. The molecule has 0 radical (unpaired) electrons. The fraction of sp³-hybridized carbons (Fsp3) is 0.375. The van der Waals surface area contributed by atoms with E-state index in [1.807, 2.05) is 10.8 Å². The molecule has 2 heterocycles. The summed E-state index contributed by atoms with van der Waals surface area (Å²) in [6.45, 7) is 2.06. The van der Waals surface area contributed by atoms with Gasteiger partial charge in [0.15, 0.2) is 0 Å². The Kier molecular flexibility index (Phi) is 2.79. The van der Waals surface area contributed by atoms with Crippen molar-refractivity contribution in [3.05, 3.63) is 23.2 Å². The number of rotatable bonds is 3. The number of halogens is 1. The van der Waals surface area contributed by atoms with Crippen LogP contribution in [0.25, 0.3) is 5.13 Å². The third-order valence-corrected chi connectivity index (χ3v) is 3.14. The number of hydrogen-bond acceptors (Lipinski definition) is 4. The summed E-state index contributed by atoms with van der Waals surface area (Å²) in [5.41, 5.74) is 0. The molecule has 0 atom stereocenters. The van der Waals surface area contributed by atoms with Gasteiger partial charge in [-0.25, -0.2) is 4.98 Å². The largest absolute Gasteiger partial charge is 0.278 e. The van der Waals surface area contributed by atoms with Gasteiger partial charge >= 0.3 is 0 Å². The highest BCUT2D eigenvalue weighted by molar-refractivity contribution is 7.13. The lowest BCUT2D eigenvalue weighted by Crippen LogP contribution is -1.97. The Hall–Kier alpha value is -0.940. The van der Waals surface area contributed by atoms with Crippen molar-refractivity contribution >= 4 is 22.9 Å². The van der Waals surface area contributed by atoms with E-state index in [2.05, 4.69) is 22.1 Å². The zero-order valence-electron chi connectivity index (χ0n) is 7.64. The van der Waals surface area contributed by atoms with Crippen molar-refractivity contribution in [3.8, 4) is 5.13 Å². The summed E-state index contributed by atoms with van der Waals surface area (Å²) in [5.74, 6) is 1.40. The molecule has 0 bridgehead atoms. The summed E-state index contributed by atoms with van der Waals surface area (Å²) in [7, 11) is 0. The minimum atomic E-state index is 0.411. The number of imidazole rings is 1. The van der Waals surface area contributed by atoms with Gasteiger partial charge in [-0.05, 0) is 0 Å². The minimum absolute atomic E-state index is 0.411. The molecule has 0 fully saturated rings. The van der Waals surface area contributed by atoms with Crippen molar-refractivity contribution < 1.29 is 0 Å². The van der Waals surface area contributed by atoms with Crippen LogP contribution in [0.2, 0.25) is 0 Å². The van der Waals surface area contributed by atoms with Crippen LogP contribution in [-0.4, -0.2) is 19.7 Å². The van der Waals surface area contributed by atoms with E-state index >= 15 is 0 Å². The van der Waals surface area contributed by atoms with Crippen LogP contribution >= 0.6 is 22.9 Å². The van der Waals surface area contributed by atoms with Gasteiger partial charge in [-0.1, -0.05) is 18.3 Å². The van der Waals surface area contributed by atoms with Crippen LogP contribution in [0.15, 0.2) is 12.4 Å². The molecule has 6 heteroatoms. The Morgan fingerprint density at radius 1 is 1.50 bits per heavy atom. The Labute approximate surface area is 90.6 Å². The first-order chi connectivity index (χ1) is 6.85. The molecule has 2 rings (SSSR count). The second kappa shape index (κ2) is 4.06. The van der Waals surface area contributed by atoms with Crippen LogP contribution < -0.4 is 0 Å². The highest BCUT2D eigenvalue weighted by Gasteiger charge is 2.08. The zero-order chi connectivity index (χ0) is 9.97. The van der Waals surface area contributed by atoms with Crippen LogP contribution in [0.4, 0.5) is 0 Å². The molecule has 0 aliphatic carbocycles. The lowest BCUT2D eigenvalue weighted by Gasteiger charge is -1.98. The first-order valence-electron chi connectivity index (χ1n) is 4.26. The van der Waals surface area contributed by atoms with Crippen LogP contribution in [0, 0.1) is 0 Å². The molecule has 0 amide bonds. The molecule has 2 aromatic heterocycles. The van der Waals surface area contributed by atoms with E-state index < -0.39 is 0 Å². The normalized spacial score (nSPS) is 10.7. The van der Waals surface area contributed by atoms with E-state index in [1.54, 1.807) is 6.20 Å². The highest BCUT2D eigenvalue weighted by Crippen LogP contribution is 2.17. The van der Waals surface area contributed by atoms with Gasteiger partial charge in [0.25, 0.3) is 0 Å². The van der Waals surface area contributed by atoms with E-state index in [4.69, 9.17) is 11.6 Å². The Bertz CT molecular complexity index is 422. The van der Waals surface area contributed by atoms with Crippen molar-refractivity contribution in [3.63, 3.8) is 0 Å². The molecule has 74 valence electrons. The van der Waals surface area contributed by atoms with E-state index in [-0.39, 0.29) is 0 Å². The smallest absolute Gasteiger partial charge is 0.217 e. The molecule has 0 spiro atoms. The van der Waals surface area contributed by atoms with Gasteiger partial charge in [0, 0.05) is 18.8 Å². The minimum Gasteiger partial charge on any atom is -0.278 e. The Morgan fingerprint density at radius 3 is 3.00 bits per heavy atom. The summed E-state index contributed by atoms with van der Waals surface area (Å²) in [6.07, 6.45) is 4.53. The van der Waals surface area contributed by atoms with Crippen molar-refractivity contribution in [2.24, 2.45) is 0 Å². The lowest BCUT2D eigenvalue weighted by molar-refractivity contribution is 0.862. The monoisotopic (exact) mass is 228 g/mol. The van der Waals surface area contributed by atoms with Crippen molar-refractivity contribution in [1.82, 2.24) is 19.7 Å². The number of aromatic nitrogens is 4. The molecule has 14 heavy (non-hydrogen) atoms. The third-order valence-electron chi connectivity index (χ3n) is 1.81. The number of hydrogen-bond donors (Lipinski definition) is 0. The standard InChI is InChI=1S/C8H9ClN4S/c1-2-6-10-3-4-13(6)8-12-11-7(5-9)14-8/h3-4H,2,5H2,1H3. The van der Waals surface area contributed by atoms with Crippen molar-refractivity contribution in [1.29, 1.82) is 0 Å². The fourth-order valence-electron chi connectivity index (χ4n) is 1.17. The molecule has 0 aliphatic heterocycles. The van der Waals surface area contributed by atoms with Crippen molar-refractivity contribution in [2.45, 2.75) is 19.2 Å². The van der Waals surface area contributed by atoms with Crippen LogP contribution in [0.3, 0.4) is 0 Å². The van der Waals surface area contributed by atoms with Gasteiger partial charge in [0.05, 0.1) is 5.88 Å². The maximum Gasteiger partial charge on any atom is 0.217 e. The predicted molar refractivity (Wildman–Crippen MR) is 56.0 cm³/mol. The lowest BCUT2D eigenvalue weighted by atomic mass is 10.5. The van der Waals surface area contributed by atoms with Gasteiger partial charge in [-0.2, -0.15) is 0 Å². The number of aryl methyl sites for hydroxylation is 1. The Morgan fingerprint density at radius 2 is 2.36 bits per heavy atom. The number of alkyl halides is 1. The third kappa shape index (κ3) is 1.65. The molecule has 0 N–H and O–H groups in total. The van der Waals surface area contributed by atoms with Gasteiger partial charge in [-0.15, -0.1) is 21.8 Å². The maximum atomic E-state index is 5.66. The maximum absolute atomic E-state index is 5.66. The van der Waals surface area contributed by atoms with Crippen LogP contribution in [-0.2, 0) is 12.3 Å². The second-order valence-electron chi connectivity index (χ2n) is 2.68. The first-order valence-corrected chi connectivity index (χ1v) is 5.61. The SMILES string of the molecule is CCc1nccn1-c1nnc(CCl)s1. The molecule has 0 saturated carbocycles. The van der Waals surface area contributed by atoms with Crippen LogP contribution in [0.5, 0.6) is 0 Å². The van der Waals surface area contributed by atoms with Gasteiger partial charge < -0.3 is 0 Å². The quantitative estimate of drug-likeness (QED) is 0.755. The predicted octanol–water partition coefficient (Wildman–Crippen LogP) is 2.02. The average molecular weight is 229 g/mol. The molecule has 0 unspecified atom stereocenters. The summed E-state index contributed by atoms with van der Waals surface area (Å²) in [6, 6.07) is 0. The molecule has 0 aromatic carbocycles. The summed E-state index contributed by atoms with van der Waals surface area (Å²) >= 11 is 7.15. The second-order valence-corrected chi connectivity index (χ2v) is 3.99. The first kappa shape index (κ1) is 9.61. The summed E-state index contributed by atoms with van der Waals surface area (Å²) in [4.78, 5) is 4.22. The van der Waals surface area contributed by atoms with E-state index in [9.17, 15) is 0 Å². The van der Waals surface area contributed by atoms with Crippen molar-refractivity contribution in [2.75, 3.05) is 0 Å². The molecular formula is C8H9ClN4S. The number of nitrogens with zero attached hydrogens (tertiary/aromatic N) is 4. The van der Waals surface area contributed by atoms with E-state index in [0.717, 1.165) is 22.4 Å². The Balaban J connectivity index is 2.38. The molecule has 2 aromatic rings. The van der Waals surface area contributed by atoms with Gasteiger partial charge in [0.1, 0.15) is 10.8 Å². The molecular weight excluding hydrogens is 220 g/mol. The molecule has 0 saturated heterocycles. The molecule has 4 nitrogen and oxygen atoms in total. The molecule has 0 aliphatic rings. The van der Waals surface area contributed by atoms with E-state index in [0.29, 0.717) is 5.88 Å². The van der Waals surface area contributed by atoms with Gasteiger partial charge in [0.2, 0.25) is 5.13 Å². The van der Waals surface area contributed by atoms with Crippen LogP contribution in [0.1, 0.15) is 17.8 Å². The fourth-order valence-corrected chi connectivity index (χ4v) is 2.08. The topological polar surface area (TPSA) is 43.6 Å². The highest BCUT2D eigenvalue weighted by atomic mass is 35.5. The average Bonchev–Trinajstić information content (AvgIpc) is 2.85.